The van der Waals surface area contributed by atoms with Crippen molar-refractivity contribution in [1.82, 2.24) is 19.7 Å². The fourth-order valence-electron chi connectivity index (χ4n) is 4.16. The molecule has 1 amide bonds. The van der Waals surface area contributed by atoms with Crippen LogP contribution in [-0.4, -0.2) is 51.4 Å². The molecule has 0 radical (unpaired) electrons. The average molecular weight is 368 g/mol. The Morgan fingerprint density at radius 1 is 1.19 bits per heavy atom. The van der Waals surface area contributed by atoms with E-state index in [1.807, 2.05) is 17.9 Å². The Kier molecular flexibility index (Phi) is 5.53. The number of rotatable bonds is 6. The molecule has 2 aromatic rings. The zero-order valence-corrected chi connectivity index (χ0v) is 16.0. The number of likely N-dealkylation sites (tertiary alicyclic amines) is 1. The van der Waals surface area contributed by atoms with Crippen LogP contribution in [0.1, 0.15) is 36.5 Å². The Morgan fingerprint density at radius 2 is 2.04 bits per heavy atom. The number of hydrogen-bond acceptors (Lipinski definition) is 4. The van der Waals surface area contributed by atoms with Gasteiger partial charge in [0.15, 0.2) is 0 Å². The number of carbonyl (C=O) groups excluding carboxylic acids is 1. The summed E-state index contributed by atoms with van der Waals surface area (Å²) >= 11 is 0. The van der Waals surface area contributed by atoms with Gasteiger partial charge in [-0.05, 0) is 38.2 Å². The minimum atomic E-state index is 0.0454. The normalized spacial score (nSPS) is 22.0. The van der Waals surface area contributed by atoms with E-state index in [9.17, 15) is 4.79 Å². The minimum absolute atomic E-state index is 0.0454. The van der Waals surface area contributed by atoms with Crippen molar-refractivity contribution in [2.75, 3.05) is 19.7 Å². The van der Waals surface area contributed by atoms with Gasteiger partial charge in [-0.2, -0.15) is 0 Å². The van der Waals surface area contributed by atoms with Gasteiger partial charge < -0.3 is 14.2 Å². The molecule has 0 bridgehead atoms. The lowest BCUT2D eigenvalue weighted by Crippen LogP contribution is -2.39. The van der Waals surface area contributed by atoms with Gasteiger partial charge in [-0.3, -0.25) is 4.79 Å². The highest BCUT2D eigenvalue weighted by Crippen LogP contribution is 2.24. The van der Waals surface area contributed by atoms with Crippen LogP contribution in [0.3, 0.4) is 0 Å². The first-order chi connectivity index (χ1) is 13.2. The topological polar surface area (TPSA) is 60.2 Å². The summed E-state index contributed by atoms with van der Waals surface area (Å²) < 4.78 is 8.13. The summed E-state index contributed by atoms with van der Waals surface area (Å²) in [5, 5.41) is 8.32. The lowest BCUT2D eigenvalue weighted by Gasteiger charge is -2.27. The van der Waals surface area contributed by atoms with E-state index in [1.165, 1.54) is 5.56 Å². The summed E-state index contributed by atoms with van der Waals surface area (Å²) in [6.45, 7) is 4.97. The maximum atomic E-state index is 12.9. The maximum Gasteiger partial charge on any atom is 0.227 e. The molecule has 2 aliphatic heterocycles. The molecule has 3 heterocycles. The molecule has 0 spiro atoms. The van der Waals surface area contributed by atoms with Crippen LogP contribution in [0, 0.1) is 12.8 Å². The fourth-order valence-corrected chi connectivity index (χ4v) is 4.16. The van der Waals surface area contributed by atoms with Crippen LogP contribution in [0.5, 0.6) is 0 Å². The van der Waals surface area contributed by atoms with Crippen LogP contribution in [-0.2, 0) is 28.9 Å². The molecule has 0 saturated carbocycles. The second kappa shape index (κ2) is 8.21. The highest BCUT2D eigenvalue weighted by molar-refractivity contribution is 5.79. The van der Waals surface area contributed by atoms with E-state index in [0.717, 1.165) is 63.4 Å². The number of nitrogens with zero attached hydrogens (tertiary/aromatic N) is 4. The third-order valence-electron chi connectivity index (χ3n) is 5.74. The number of hydrogen-bond donors (Lipinski definition) is 0. The Hall–Kier alpha value is -2.21. The first-order valence-electron chi connectivity index (χ1n) is 10.0. The molecule has 1 aromatic carbocycles. The Labute approximate surface area is 160 Å². The van der Waals surface area contributed by atoms with Gasteiger partial charge in [0.1, 0.15) is 11.6 Å². The molecular weight excluding hydrogens is 340 g/mol. The number of ether oxygens (including phenoxy) is 1. The predicted molar refractivity (Wildman–Crippen MR) is 102 cm³/mol. The second-order valence-electron chi connectivity index (χ2n) is 7.66. The fraction of sp³-hybridized carbons (Fsp3) is 0.571. The standard InChI is InChI=1S/C21H28N4O2/c1-16-22-23-20-10-9-18(14-25(16)20)21(26)24-12-11-19(15-24)27-13-5-8-17-6-3-2-4-7-17/h2-4,6-7,18-19H,5,8-15H2,1H3. The lowest BCUT2D eigenvalue weighted by atomic mass is 9.98. The summed E-state index contributed by atoms with van der Waals surface area (Å²) in [6.07, 6.45) is 4.90. The van der Waals surface area contributed by atoms with Crippen LogP contribution >= 0.6 is 0 Å². The van der Waals surface area contributed by atoms with Crippen molar-refractivity contribution < 1.29 is 9.53 Å². The Morgan fingerprint density at radius 3 is 2.89 bits per heavy atom. The van der Waals surface area contributed by atoms with Crippen LogP contribution in [0.4, 0.5) is 0 Å². The summed E-state index contributed by atoms with van der Waals surface area (Å²) in [5.74, 6) is 2.23. The van der Waals surface area contributed by atoms with E-state index >= 15 is 0 Å². The van der Waals surface area contributed by atoms with Gasteiger partial charge in [-0.15, -0.1) is 10.2 Å². The SMILES string of the molecule is Cc1nnc2n1CC(C(=O)N1CCC(OCCCc3ccccc3)C1)CC2. The lowest BCUT2D eigenvalue weighted by molar-refractivity contribution is -0.136. The van der Waals surface area contributed by atoms with Crippen LogP contribution in [0.15, 0.2) is 30.3 Å². The monoisotopic (exact) mass is 368 g/mol. The molecular formula is C21H28N4O2. The summed E-state index contributed by atoms with van der Waals surface area (Å²) in [7, 11) is 0. The predicted octanol–water partition coefficient (Wildman–Crippen LogP) is 2.40. The molecule has 0 aliphatic carbocycles. The number of carbonyl (C=O) groups is 1. The van der Waals surface area contributed by atoms with E-state index < -0.39 is 0 Å². The van der Waals surface area contributed by atoms with Gasteiger partial charge in [0, 0.05) is 32.7 Å². The van der Waals surface area contributed by atoms with E-state index in [2.05, 4.69) is 39.0 Å². The third kappa shape index (κ3) is 4.21. The van der Waals surface area contributed by atoms with Crippen LogP contribution in [0.25, 0.3) is 0 Å². The number of benzene rings is 1. The first-order valence-corrected chi connectivity index (χ1v) is 10.0. The van der Waals surface area contributed by atoms with Crippen molar-refractivity contribution >= 4 is 5.91 Å². The van der Waals surface area contributed by atoms with E-state index in [1.54, 1.807) is 0 Å². The highest BCUT2D eigenvalue weighted by atomic mass is 16.5. The first kappa shape index (κ1) is 18.2. The average Bonchev–Trinajstić information content (AvgIpc) is 3.32. The molecule has 4 rings (SSSR count). The van der Waals surface area contributed by atoms with Crippen molar-refractivity contribution in [3.05, 3.63) is 47.5 Å². The van der Waals surface area contributed by atoms with Crippen LogP contribution in [0.2, 0.25) is 0 Å². The smallest absolute Gasteiger partial charge is 0.227 e. The van der Waals surface area contributed by atoms with Gasteiger partial charge in [-0.25, -0.2) is 0 Å². The number of aryl methyl sites for hydroxylation is 3. The van der Waals surface area contributed by atoms with E-state index in [-0.39, 0.29) is 17.9 Å². The molecule has 27 heavy (non-hydrogen) atoms. The molecule has 6 nitrogen and oxygen atoms in total. The quantitative estimate of drug-likeness (QED) is 0.735. The molecule has 2 unspecified atom stereocenters. The highest BCUT2D eigenvalue weighted by Gasteiger charge is 2.34. The van der Waals surface area contributed by atoms with Crippen molar-refractivity contribution in [1.29, 1.82) is 0 Å². The zero-order chi connectivity index (χ0) is 18.6. The largest absolute Gasteiger partial charge is 0.376 e. The van der Waals surface area contributed by atoms with Gasteiger partial charge in [0.25, 0.3) is 0 Å². The Bertz CT molecular complexity index is 774. The Balaban J connectivity index is 1.21. The number of aromatic nitrogens is 3. The van der Waals surface area contributed by atoms with Gasteiger partial charge in [0.05, 0.1) is 12.0 Å². The maximum absolute atomic E-state index is 12.9. The van der Waals surface area contributed by atoms with Crippen LogP contribution < -0.4 is 0 Å². The van der Waals surface area contributed by atoms with E-state index in [0.29, 0.717) is 6.54 Å². The molecule has 0 N–H and O–H groups in total. The molecule has 1 saturated heterocycles. The zero-order valence-electron chi connectivity index (χ0n) is 16.0. The van der Waals surface area contributed by atoms with Crippen molar-refractivity contribution in [2.24, 2.45) is 5.92 Å². The van der Waals surface area contributed by atoms with E-state index in [4.69, 9.17) is 4.74 Å². The van der Waals surface area contributed by atoms with Gasteiger partial charge in [0.2, 0.25) is 5.91 Å². The van der Waals surface area contributed by atoms with Crippen molar-refractivity contribution in [2.45, 2.75) is 51.7 Å². The molecule has 1 aromatic heterocycles. The summed E-state index contributed by atoms with van der Waals surface area (Å²) in [5.41, 5.74) is 1.35. The van der Waals surface area contributed by atoms with Crippen molar-refractivity contribution in [3.63, 3.8) is 0 Å². The van der Waals surface area contributed by atoms with Gasteiger partial charge >= 0.3 is 0 Å². The molecule has 6 heteroatoms. The number of fused-ring (bicyclic) bond motifs is 1. The van der Waals surface area contributed by atoms with Crippen molar-refractivity contribution in [3.8, 4) is 0 Å². The molecule has 2 atom stereocenters. The summed E-state index contributed by atoms with van der Waals surface area (Å²) in [4.78, 5) is 14.9. The van der Waals surface area contributed by atoms with Gasteiger partial charge in [-0.1, -0.05) is 30.3 Å². The molecule has 2 aliphatic rings. The third-order valence-corrected chi connectivity index (χ3v) is 5.74. The summed E-state index contributed by atoms with van der Waals surface area (Å²) in [6, 6.07) is 10.5. The number of amides is 1. The second-order valence-corrected chi connectivity index (χ2v) is 7.66. The minimum Gasteiger partial charge on any atom is -0.376 e. The molecule has 144 valence electrons. The molecule has 1 fully saturated rings.